The van der Waals surface area contributed by atoms with E-state index in [1.54, 1.807) is 6.07 Å². The first kappa shape index (κ1) is 19.4. The summed E-state index contributed by atoms with van der Waals surface area (Å²) in [7, 11) is 0. The fourth-order valence-electron chi connectivity index (χ4n) is 2.48. The summed E-state index contributed by atoms with van der Waals surface area (Å²) in [5, 5.41) is 3.09. The van der Waals surface area contributed by atoms with Crippen molar-refractivity contribution in [3.63, 3.8) is 0 Å². The first-order valence-electron chi connectivity index (χ1n) is 8.64. The van der Waals surface area contributed by atoms with Crippen LogP contribution in [0.25, 0.3) is 11.0 Å². The summed E-state index contributed by atoms with van der Waals surface area (Å²) >= 11 is 0. The van der Waals surface area contributed by atoms with Crippen molar-refractivity contribution >= 4 is 16.9 Å². The number of rotatable bonds is 5. The molecule has 28 heavy (non-hydrogen) atoms. The highest BCUT2D eigenvalue weighted by Crippen LogP contribution is 2.24. The fraction of sp³-hybridized carbons (Fsp3) is 0.238. The normalized spacial score (nSPS) is 11.3. The molecule has 7 heteroatoms. The zero-order valence-electron chi connectivity index (χ0n) is 15.7. The quantitative estimate of drug-likeness (QED) is 0.718. The average Bonchev–Trinajstić information content (AvgIpc) is 2.63. The number of carbonyl (C=O) groups is 1. The van der Waals surface area contributed by atoms with E-state index in [2.05, 4.69) is 5.32 Å². The maximum Gasteiger partial charge on any atom is 0.258 e. The summed E-state index contributed by atoms with van der Waals surface area (Å²) in [5.74, 6) is 0.0424. The lowest BCUT2D eigenvalue weighted by molar-refractivity contribution is -0.124. The zero-order chi connectivity index (χ0) is 20.3. The Morgan fingerprint density at radius 3 is 2.46 bits per heavy atom. The van der Waals surface area contributed by atoms with Crippen molar-refractivity contribution in [1.29, 1.82) is 0 Å². The van der Waals surface area contributed by atoms with Crippen molar-refractivity contribution in [3.05, 3.63) is 64.8 Å². The highest BCUT2D eigenvalue weighted by molar-refractivity contribution is 5.80. The standard InChI is InChI=1S/C21H20FNO5/c1-21(2,3)23-19(24)12-26-15-8-9-16-17(10-15)27-11-18(20(16)25)28-14-6-4-13(22)5-7-14/h4-11H,12H2,1-3H3,(H,23,24). The van der Waals surface area contributed by atoms with Gasteiger partial charge in [-0.2, -0.15) is 0 Å². The van der Waals surface area contributed by atoms with Gasteiger partial charge in [-0.1, -0.05) is 0 Å². The van der Waals surface area contributed by atoms with Crippen LogP contribution < -0.4 is 20.2 Å². The predicted octanol–water partition coefficient (Wildman–Crippen LogP) is 4.02. The Labute approximate surface area is 160 Å². The molecule has 0 unspecified atom stereocenters. The van der Waals surface area contributed by atoms with Gasteiger partial charge in [0, 0.05) is 11.6 Å². The highest BCUT2D eigenvalue weighted by atomic mass is 19.1. The van der Waals surface area contributed by atoms with Crippen molar-refractivity contribution in [2.24, 2.45) is 0 Å². The average molecular weight is 385 g/mol. The minimum Gasteiger partial charge on any atom is -0.484 e. The Morgan fingerprint density at radius 1 is 1.11 bits per heavy atom. The molecule has 0 aliphatic rings. The van der Waals surface area contributed by atoms with E-state index >= 15 is 0 Å². The van der Waals surface area contributed by atoms with E-state index < -0.39 is 5.82 Å². The molecular weight excluding hydrogens is 365 g/mol. The molecule has 0 saturated heterocycles. The van der Waals surface area contributed by atoms with E-state index in [-0.39, 0.29) is 29.2 Å². The third kappa shape index (κ3) is 4.88. The van der Waals surface area contributed by atoms with Gasteiger partial charge in [-0.3, -0.25) is 9.59 Å². The molecule has 3 rings (SSSR count). The van der Waals surface area contributed by atoms with Crippen LogP contribution in [0.5, 0.6) is 17.2 Å². The van der Waals surface area contributed by atoms with E-state index in [1.807, 2.05) is 20.8 Å². The van der Waals surface area contributed by atoms with Crippen LogP contribution in [-0.4, -0.2) is 18.1 Å². The number of ether oxygens (including phenoxy) is 2. The minimum atomic E-state index is -0.401. The largest absolute Gasteiger partial charge is 0.484 e. The number of hydrogen-bond donors (Lipinski definition) is 1. The van der Waals surface area contributed by atoms with E-state index in [4.69, 9.17) is 13.9 Å². The minimum absolute atomic E-state index is 0.0164. The van der Waals surface area contributed by atoms with Crippen LogP contribution in [0.2, 0.25) is 0 Å². The maximum absolute atomic E-state index is 13.0. The van der Waals surface area contributed by atoms with Crippen LogP contribution in [0.4, 0.5) is 4.39 Å². The smallest absolute Gasteiger partial charge is 0.258 e. The monoisotopic (exact) mass is 385 g/mol. The van der Waals surface area contributed by atoms with Crippen molar-refractivity contribution in [3.8, 4) is 17.2 Å². The number of halogens is 1. The van der Waals surface area contributed by atoms with Gasteiger partial charge in [0.05, 0.1) is 5.39 Å². The van der Waals surface area contributed by atoms with Gasteiger partial charge >= 0.3 is 0 Å². The zero-order valence-corrected chi connectivity index (χ0v) is 15.7. The van der Waals surface area contributed by atoms with Crippen molar-refractivity contribution < 1.29 is 23.1 Å². The van der Waals surface area contributed by atoms with Crippen molar-refractivity contribution in [2.75, 3.05) is 6.61 Å². The lowest BCUT2D eigenvalue weighted by atomic mass is 10.1. The molecule has 2 aromatic carbocycles. The second-order valence-electron chi connectivity index (χ2n) is 7.23. The lowest BCUT2D eigenvalue weighted by Crippen LogP contribution is -2.43. The molecule has 1 N–H and O–H groups in total. The molecule has 1 aromatic heterocycles. The summed E-state index contributed by atoms with van der Waals surface area (Å²) in [6, 6.07) is 9.94. The van der Waals surface area contributed by atoms with Crippen LogP contribution in [0.15, 0.2) is 57.9 Å². The van der Waals surface area contributed by atoms with Gasteiger partial charge in [0.2, 0.25) is 11.2 Å². The Balaban J connectivity index is 1.76. The molecule has 0 saturated carbocycles. The third-order valence-corrected chi connectivity index (χ3v) is 3.64. The van der Waals surface area contributed by atoms with Gasteiger partial charge in [-0.25, -0.2) is 4.39 Å². The molecule has 0 spiro atoms. The predicted molar refractivity (Wildman–Crippen MR) is 102 cm³/mol. The molecule has 0 aliphatic carbocycles. The Hall–Kier alpha value is -3.35. The summed E-state index contributed by atoms with van der Waals surface area (Å²) in [6.07, 6.45) is 1.18. The van der Waals surface area contributed by atoms with Gasteiger partial charge in [0.1, 0.15) is 29.2 Å². The maximum atomic E-state index is 13.0. The third-order valence-electron chi connectivity index (χ3n) is 3.64. The number of benzene rings is 2. The van der Waals surface area contributed by atoms with Gasteiger partial charge in [0.25, 0.3) is 5.91 Å². The first-order chi connectivity index (χ1) is 13.2. The molecule has 0 atom stereocenters. The topological polar surface area (TPSA) is 77.8 Å². The molecular formula is C21H20FNO5. The lowest BCUT2D eigenvalue weighted by Gasteiger charge is -2.20. The van der Waals surface area contributed by atoms with Crippen LogP contribution in [0.1, 0.15) is 20.8 Å². The first-order valence-corrected chi connectivity index (χ1v) is 8.64. The molecule has 0 fully saturated rings. The summed E-state index contributed by atoms with van der Waals surface area (Å²) in [5.41, 5.74) is -0.426. The van der Waals surface area contributed by atoms with E-state index in [1.165, 1.54) is 42.7 Å². The summed E-state index contributed by atoms with van der Waals surface area (Å²) < 4.78 is 29.4. The van der Waals surface area contributed by atoms with E-state index in [0.717, 1.165) is 0 Å². The SMILES string of the molecule is CC(C)(C)NC(=O)COc1ccc2c(=O)c(Oc3ccc(F)cc3)coc2c1. The molecule has 3 aromatic rings. The van der Waals surface area contributed by atoms with E-state index in [9.17, 15) is 14.0 Å². The number of amides is 1. The summed E-state index contributed by atoms with van der Waals surface area (Å²) in [6.45, 7) is 5.47. The molecule has 1 heterocycles. The highest BCUT2D eigenvalue weighted by Gasteiger charge is 2.15. The summed E-state index contributed by atoms with van der Waals surface area (Å²) in [4.78, 5) is 24.4. The molecule has 1 amide bonds. The second-order valence-corrected chi connectivity index (χ2v) is 7.23. The van der Waals surface area contributed by atoms with Gasteiger partial charge in [-0.05, 0) is 57.2 Å². The number of hydrogen-bond acceptors (Lipinski definition) is 5. The van der Waals surface area contributed by atoms with Crippen LogP contribution >= 0.6 is 0 Å². The fourth-order valence-corrected chi connectivity index (χ4v) is 2.48. The Morgan fingerprint density at radius 2 is 1.79 bits per heavy atom. The van der Waals surface area contributed by atoms with Gasteiger partial charge in [-0.15, -0.1) is 0 Å². The van der Waals surface area contributed by atoms with Gasteiger partial charge in [0.15, 0.2) is 6.61 Å². The van der Waals surface area contributed by atoms with Crippen LogP contribution in [0.3, 0.4) is 0 Å². The Bertz CT molecular complexity index is 1050. The molecule has 0 radical (unpaired) electrons. The number of nitrogens with one attached hydrogen (secondary N) is 1. The molecule has 146 valence electrons. The van der Waals surface area contributed by atoms with E-state index in [0.29, 0.717) is 22.5 Å². The Kier molecular flexibility index (Phi) is 5.35. The van der Waals surface area contributed by atoms with Gasteiger partial charge < -0.3 is 19.2 Å². The molecule has 0 bridgehead atoms. The second kappa shape index (κ2) is 7.72. The van der Waals surface area contributed by atoms with Crippen molar-refractivity contribution in [2.45, 2.75) is 26.3 Å². The van der Waals surface area contributed by atoms with Crippen LogP contribution in [-0.2, 0) is 4.79 Å². The number of carbonyl (C=O) groups excluding carboxylic acids is 1. The van der Waals surface area contributed by atoms with Crippen LogP contribution in [0, 0.1) is 5.82 Å². The van der Waals surface area contributed by atoms with Crippen molar-refractivity contribution in [1.82, 2.24) is 5.32 Å². The molecule has 6 nitrogen and oxygen atoms in total. The number of fused-ring (bicyclic) bond motifs is 1. The molecule has 0 aliphatic heterocycles.